The van der Waals surface area contributed by atoms with E-state index in [1.165, 1.54) is 12.1 Å². The maximum atomic E-state index is 13.1. The first-order valence-corrected chi connectivity index (χ1v) is 9.84. The number of nitrogens with one attached hydrogen (secondary N) is 1. The molecule has 1 fully saturated rings. The molecule has 1 heterocycles. The fourth-order valence-electron chi connectivity index (χ4n) is 3.20. The van der Waals surface area contributed by atoms with Gasteiger partial charge < -0.3 is 19.9 Å². The first-order valence-electron chi connectivity index (χ1n) is 9.84. The molecule has 0 spiro atoms. The SMILES string of the molecule is CC(C)CC(NC(=O)OC(C)(C)C)C(=O)N1CCN(c2ccc(F)cc2)CC1. The molecule has 0 aliphatic carbocycles. The molecule has 2 amide bonds. The first kappa shape index (κ1) is 22.0. The molecule has 6 nitrogen and oxygen atoms in total. The fraction of sp³-hybridized carbons (Fsp3) is 0.619. The number of hydrogen-bond acceptors (Lipinski definition) is 4. The molecule has 1 atom stereocenters. The molecule has 1 N–H and O–H groups in total. The van der Waals surface area contributed by atoms with Gasteiger partial charge in [0.25, 0.3) is 0 Å². The molecule has 7 heteroatoms. The normalized spacial score (nSPS) is 16.1. The van der Waals surface area contributed by atoms with Crippen LogP contribution < -0.4 is 10.2 Å². The molecule has 1 aliphatic rings. The highest BCUT2D eigenvalue weighted by Gasteiger charge is 2.30. The van der Waals surface area contributed by atoms with E-state index in [1.54, 1.807) is 37.8 Å². The van der Waals surface area contributed by atoms with Gasteiger partial charge in [-0.05, 0) is 57.4 Å². The van der Waals surface area contributed by atoms with Gasteiger partial charge in [-0.2, -0.15) is 0 Å². The molecule has 0 saturated carbocycles. The Bertz CT molecular complexity index is 662. The summed E-state index contributed by atoms with van der Waals surface area (Å²) in [5.74, 6) is -0.0926. The van der Waals surface area contributed by atoms with Gasteiger partial charge in [0, 0.05) is 31.9 Å². The highest BCUT2D eigenvalue weighted by atomic mass is 19.1. The van der Waals surface area contributed by atoms with E-state index < -0.39 is 17.7 Å². The molecule has 1 aromatic carbocycles. The van der Waals surface area contributed by atoms with Gasteiger partial charge in [0.05, 0.1) is 0 Å². The van der Waals surface area contributed by atoms with Crippen molar-refractivity contribution in [3.63, 3.8) is 0 Å². The predicted molar refractivity (Wildman–Crippen MR) is 108 cm³/mol. The molecule has 156 valence electrons. The molecule has 1 aromatic rings. The highest BCUT2D eigenvalue weighted by Crippen LogP contribution is 2.18. The van der Waals surface area contributed by atoms with E-state index in [0.29, 0.717) is 32.6 Å². The fourth-order valence-corrected chi connectivity index (χ4v) is 3.20. The number of amides is 2. The third-order valence-corrected chi connectivity index (χ3v) is 4.48. The maximum absolute atomic E-state index is 13.1. The van der Waals surface area contributed by atoms with Gasteiger partial charge in [-0.1, -0.05) is 13.8 Å². The van der Waals surface area contributed by atoms with Crippen LogP contribution in [0.15, 0.2) is 24.3 Å². The summed E-state index contributed by atoms with van der Waals surface area (Å²) in [4.78, 5) is 29.1. The van der Waals surface area contributed by atoms with Crippen LogP contribution in [0.5, 0.6) is 0 Å². The minimum Gasteiger partial charge on any atom is -0.444 e. The van der Waals surface area contributed by atoms with E-state index in [2.05, 4.69) is 10.2 Å². The molecule has 1 unspecified atom stereocenters. The van der Waals surface area contributed by atoms with Gasteiger partial charge in [-0.25, -0.2) is 9.18 Å². The number of piperazine rings is 1. The number of nitrogens with zero attached hydrogens (tertiary/aromatic N) is 2. The Morgan fingerprint density at radius 1 is 1.11 bits per heavy atom. The summed E-state index contributed by atoms with van der Waals surface area (Å²) in [6.45, 7) is 11.9. The van der Waals surface area contributed by atoms with Crippen LogP contribution in [-0.2, 0) is 9.53 Å². The smallest absolute Gasteiger partial charge is 0.408 e. The van der Waals surface area contributed by atoms with Crippen molar-refractivity contribution in [1.82, 2.24) is 10.2 Å². The van der Waals surface area contributed by atoms with Crippen LogP contribution in [0.25, 0.3) is 0 Å². The highest BCUT2D eigenvalue weighted by molar-refractivity contribution is 5.86. The lowest BCUT2D eigenvalue weighted by Gasteiger charge is -2.38. The minimum absolute atomic E-state index is 0.0849. The summed E-state index contributed by atoms with van der Waals surface area (Å²) in [5.41, 5.74) is 0.329. The van der Waals surface area contributed by atoms with Gasteiger partial charge in [0.1, 0.15) is 17.5 Å². The van der Waals surface area contributed by atoms with Crippen LogP contribution in [0.3, 0.4) is 0 Å². The van der Waals surface area contributed by atoms with E-state index in [1.807, 2.05) is 13.8 Å². The van der Waals surface area contributed by atoms with Crippen LogP contribution in [-0.4, -0.2) is 54.7 Å². The summed E-state index contributed by atoms with van der Waals surface area (Å²) in [6, 6.07) is 5.77. The first-order chi connectivity index (χ1) is 13.0. The Balaban J connectivity index is 1.96. The van der Waals surface area contributed by atoms with E-state index in [4.69, 9.17) is 4.74 Å². The Labute approximate surface area is 167 Å². The lowest BCUT2D eigenvalue weighted by atomic mass is 10.0. The second-order valence-corrected chi connectivity index (χ2v) is 8.62. The molecule has 0 radical (unpaired) electrons. The largest absolute Gasteiger partial charge is 0.444 e. The van der Waals surface area contributed by atoms with Crippen LogP contribution >= 0.6 is 0 Å². The number of alkyl carbamates (subject to hydrolysis) is 1. The summed E-state index contributed by atoms with van der Waals surface area (Å²) in [6.07, 6.45) is -0.0209. The third-order valence-electron chi connectivity index (χ3n) is 4.48. The summed E-state index contributed by atoms with van der Waals surface area (Å²) in [7, 11) is 0. The average Bonchev–Trinajstić information content (AvgIpc) is 2.59. The van der Waals surface area contributed by atoms with Crippen molar-refractivity contribution < 1.29 is 18.7 Å². The number of benzene rings is 1. The average molecular weight is 394 g/mol. The third kappa shape index (κ3) is 6.69. The van der Waals surface area contributed by atoms with E-state index in [9.17, 15) is 14.0 Å². The molecule has 1 aliphatic heterocycles. The second kappa shape index (κ2) is 9.26. The van der Waals surface area contributed by atoms with E-state index in [0.717, 1.165) is 5.69 Å². The zero-order valence-corrected chi connectivity index (χ0v) is 17.5. The van der Waals surface area contributed by atoms with Crippen molar-refractivity contribution in [2.75, 3.05) is 31.1 Å². The zero-order valence-electron chi connectivity index (χ0n) is 17.5. The molecular weight excluding hydrogens is 361 g/mol. The monoisotopic (exact) mass is 393 g/mol. The van der Waals surface area contributed by atoms with Crippen molar-refractivity contribution in [3.05, 3.63) is 30.1 Å². The van der Waals surface area contributed by atoms with Crippen molar-refractivity contribution in [2.24, 2.45) is 5.92 Å². The Morgan fingerprint density at radius 3 is 2.18 bits per heavy atom. The van der Waals surface area contributed by atoms with E-state index >= 15 is 0 Å². The van der Waals surface area contributed by atoms with Crippen molar-refractivity contribution >= 4 is 17.7 Å². The molecule has 0 bridgehead atoms. The summed E-state index contributed by atoms with van der Waals surface area (Å²) in [5, 5.41) is 2.74. The lowest BCUT2D eigenvalue weighted by molar-refractivity contribution is -0.134. The number of carbonyl (C=O) groups excluding carboxylic acids is 2. The maximum Gasteiger partial charge on any atom is 0.408 e. The standard InChI is InChI=1S/C21H32FN3O3/c1-15(2)14-18(23-20(27)28-21(3,4)5)19(26)25-12-10-24(11-13-25)17-8-6-16(22)7-9-17/h6-9,15,18H,10-14H2,1-5H3,(H,23,27). The quantitative estimate of drug-likeness (QED) is 0.833. The van der Waals surface area contributed by atoms with Crippen molar-refractivity contribution in [3.8, 4) is 0 Å². The Hall–Kier alpha value is -2.31. The molecule has 28 heavy (non-hydrogen) atoms. The van der Waals surface area contributed by atoms with Crippen LogP contribution in [0.4, 0.5) is 14.9 Å². The topological polar surface area (TPSA) is 61.9 Å². The van der Waals surface area contributed by atoms with Gasteiger partial charge in [-0.15, -0.1) is 0 Å². The van der Waals surface area contributed by atoms with Gasteiger partial charge >= 0.3 is 6.09 Å². The Morgan fingerprint density at radius 2 is 1.68 bits per heavy atom. The molecule has 1 saturated heterocycles. The molecule has 2 rings (SSSR count). The molecular formula is C21H32FN3O3. The van der Waals surface area contributed by atoms with Crippen molar-refractivity contribution in [1.29, 1.82) is 0 Å². The van der Waals surface area contributed by atoms with Crippen LogP contribution in [0.2, 0.25) is 0 Å². The number of ether oxygens (including phenoxy) is 1. The number of anilines is 1. The summed E-state index contributed by atoms with van der Waals surface area (Å²) >= 11 is 0. The predicted octanol–water partition coefficient (Wildman–Crippen LogP) is 3.41. The number of halogens is 1. The number of carbonyl (C=O) groups is 2. The zero-order chi connectivity index (χ0) is 20.9. The van der Waals surface area contributed by atoms with Gasteiger partial charge in [-0.3, -0.25) is 4.79 Å². The lowest BCUT2D eigenvalue weighted by Crippen LogP contribution is -2.55. The number of rotatable bonds is 5. The van der Waals surface area contributed by atoms with Crippen LogP contribution in [0.1, 0.15) is 41.0 Å². The van der Waals surface area contributed by atoms with Gasteiger partial charge in [0.15, 0.2) is 0 Å². The van der Waals surface area contributed by atoms with Crippen molar-refractivity contribution in [2.45, 2.75) is 52.7 Å². The minimum atomic E-state index is -0.615. The van der Waals surface area contributed by atoms with E-state index in [-0.39, 0.29) is 17.6 Å². The number of hydrogen-bond donors (Lipinski definition) is 1. The second-order valence-electron chi connectivity index (χ2n) is 8.62. The van der Waals surface area contributed by atoms with Crippen LogP contribution in [0, 0.1) is 11.7 Å². The molecule has 0 aromatic heterocycles. The Kier molecular flexibility index (Phi) is 7.27. The summed E-state index contributed by atoms with van der Waals surface area (Å²) < 4.78 is 18.4. The van der Waals surface area contributed by atoms with Gasteiger partial charge in [0.2, 0.25) is 5.91 Å².